The zero-order chi connectivity index (χ0) is 16.2. The van der Waals surface area contributed by atoms with Crippen LogP contribution in [-0.4, -0.2) is 44.7 Å². The molecule has 122 valence electrons. The van der Waals surface area contributed by atoms with Crippen molar-refractivity contribution in [1.29, 1.82) is 0 Å². The van der Waals surface area contributed by atoms with E-state index in [9.17, 15) is 0 Å². The second kappa shape index (κ2) is 7.09. The lowest BCUT2D eigenvalue weighted by Crippen LogP contribution is -2.30. The Hall–Kier alpha value is -1.62. The molecule has 1 aromatic heterocycles. The highest BCUT2D eigenvalue weighted by molar-refractivity contribution is 5.81. The molecular formula is C17H26N2O3. The molecule has 2 heterocycles. The van der Waals surface area contributed by atoms with Gasteiger partial charge in [0.1, 0.15) is 0 Å². The van der Waals surface area contributed by atoms with Gasteiger partial charge in [-0.25, -0.2) is 4.98 Å². The average Bonchev–Trinajstić information content (AvgIpc) is 2.49. The maximum atomic E-state index is 5.81. The van der Waals surface area contributed by atoms with E-state index in [-0.39, 0.29) is 11.5 Å². The smallest absolute Gasteiger partial charge is 0.257 e. The van der Waals surface area contributed by atoms with E-state index >= 15 is 0 Å². The lowest BCUT2D eigenvalue weighted by atomic mass is 9.82. The molecule has 1 aromatic rings. The van der Waals surface area contributed by atoms with Gasteiger partial charge in [0.25, 0.3) is 5.88 Å². The summed E-state index contributed by atoms with van der Waals surface area (Å²) < 4.78 is 16.2. The number of nitrogens with zero attached hydrogens (tertiary/aromatic N) is 2. The fraction of sp³-hybridized carbons (Fsp3) is 0.647. The van der Waals surface area contributed by atoms with Crippen LogP contribution >= 0.6 is 0 Å². The van der Waals surface area contributed by atoms with E-state index in [1.807, 2.05) is 12.3 Å². The number of fused-ring (bicyclic) bond motifs is 1. The van der Waals surface area contributed by atoms with E-state index in [2.05, 4.69) is 30.7 Å². The van der Waals surface area contributed by atoms with Crippen molar-refractivity contribution in [2.45, 2.75) is 39.7 Å². The zero-order valence-electron chi connectivity index (χ0n) is 14.2. The van der Waals surface area contributed by atoms with E-state index < -0.39 is 0 Å². The second-order valence-corrected chi connectivity index (χ2v) is 6.60. The topological polar surface area (TPSA) is 52.9 Å². The van der Waals surface area contributed by atoms with Crippen molar-refractivity contribution in [3.05, 3.63) is 17.3 Å². The quantitative estimate of drug-likeness (QED) is 0.758. The van der Waals surface area contributed by atoms with Crippen LogP contribution in [0.4, 0.5) is 0 Å². The predicted molar refractivity (Wildman–Crippen MR) is 87.3 cm³/mol. The van der Waals surface area contributed by atoms with Crippen LogP contribution in [0.5, 0.6) is 11.6 Å². The molecular weight excluding hydrogens is 280 g/mol. The summed E-state index contributed by atoms with van der Waals surface area (Å²) in [5.74, 6) is 1.21. The number of ether oxygens (including phenoxy) is 3. The van der Waals surface area contributed by atoms with E-state index in [1.54, 1.807) is 14.2 Å². The molecule has 22 heavy (non-hydrogen) atoms. The molecule has 0 spiro atoms. The van der Waals surface area contributed by atoms with Crippen molar-refractivity contribution >= 4 is 6.21 Å². The molecule has 0 bridgehead atoms. The van der Waals surface area contributed by atoms with Crippen LogP contribution in [0.25, 0.3) is 0 Å². The minimum absolute atomic E-state index is 0.133. The van der Waals surface area contributed by atoms with Gasteiger partial charge < -0.3 is 14.2 Å². The van der Waals surface area contributed by atoms with Crippen LogP contribution in [0.2, 0.25) is 0 Å². The Morgan fingerprint density at radius 3 is 2.64 bits per heavy atom. The van der Waals surface area contributed by atoms with Gasteiger partial charge in [0.2, 0.25) is 0 Å². The lowest BCUT2D eigenvalue weighted by Gasteiger charge is -2.30. The fourth-order valence-corrected chi connectivity index (χ4v) is 2.39. The van der Waals surface area contributed by atoms with Gasteiger partial charge in [0, 0.05) is 26.4 Å². The normalized spacial score (nSPS) is 17.2. The van der Waals surface area contributed by atoms with E-state index in [0.29, 0.717) is 24.8 Å². The number of hydrogen-bond donors (Lipinski definition) is 0. The van der Waals surface area contributed by atoms with Gasteiger partial charge in [-0.2, -0.15) is 0 Å². The van der Waals surface area contributed by atoms with Crippen molar-refractivity contribution in [2.24, 2.45) is 10.4 Å². The van der Waals surface area contributed by atoms with Crippen molar-refractivity contribution in [3.8, 4) is 11.6 Å². The minimum atomic E-state index is 0.133. The van der Waals surface area contributed by atoms with Crippen molar-refractivity contribution in [2.75, 3.05) is 27.4 Å². The molecule has 0 fully saturated rings. The summed E-state index contributed by atoms with van der Waals surface area (Å²) in [4.78, 5) is 9.15. The summed E-state index contributed by atoms with van der Waals surface area (Å²) in [5.41, 5.74) is 2.17. The first-order valence-corrected chi connectivity index (χ1v) is 7.68. The van der Waals surface area contributed by atoms with Gasteiger partial charge in [-0.3, -0.25) is 4.99 Å². The summed E-state index contributed by atoms with van der Waals surface area (Å²) in [6, 6.07) is 2.30. The second-order valence-electron chi connectivity index (χ2n) is 6.60. The molecule has 0 amide bonds. The van der Waals surface area contributed by atoms with Crippen LogP contribution in [0.15, 0.2) is 11.1 Å². The van der Waals surface area contributed by atoms with Crippen LogP contribution in [0, 0.1) is 5.41 Å². The Balaban J connectivity index is 2.18. The van der Waals surface area contributed by atoms with Gasteiger partial charge in [-0.05, 0) is 23.5 Å². The molecule has 5 nitrogen and oxygen atoms in total. The van der Waals surface area contributed by atoms with Crippen LogP contribution in [0.1, 0.15) is 38.4 Å². The first-order valence-electron chi connectivity index (χ1n) is 7.68. The number of aliphatic imine (C=N–C) groups is 1. The third-order valence-electron chi connectivity index (χ3n) is 3.80. The summed E-state index contributed by atoms with van der Waals surface area (Å²) in [7, 11) is 3.29. The Labute approximate surface area is 132 Å². The maximum absolute atomic E-state index is 5.81. The van der Waals surface area contributed by atoms with E-state index in [0.717, 1.165) is 24.1 Å². The fourth-order valence-electron chi connectivity index (χ4n) is 2.39. The Morgan fingerprint density at radius 2 is 2.00 bits per heavy atom. The molecule has 0 saturated carbocycles. The number of methoxy groups -OCH3 is 2. The SMILES string of the molecule is COCCCOc1cc2c(nc1OC)C=NC(C(C)(C)C)C2. The molecule has 1 unspecified atom stereocenters. The largest absolute Gasteiger partial charge is 0.488 e. The van der Waals surface area contributed by atoms with E-state index in [4.69, 9.17) is 14.2 Å². The molecule has 0 N–H and O–H groups in total. The molecule has 1 aliphatic rings. The van der Waals surface area contributed by atoms with Crippen molar-refractivity contribution < 1.29 is 14.2 Å². The Morgan fingerprint density at radius 1 is 1.23 bits per heavy atom. The molecule has 1 aliphatic heterocycles. The Bertz CT molecular complexity index is 535. The van der Waals surface area contributed by atoms with Gasteiger partial charge in [0.05, 0.1) is 25.5 Å². The molecule has 2 rings (SSSR count). The summed E-state index contributed by atoms with van der Waals surface area (Å²) in [6.45, 7) is 7.89. The van der Waals surface area contributed by atoms with Gasteiger partial charge >= 0.3 is 0 Å². The highest BCUT2D eigenvalue weighted by Gasteiger charge is 2.28. The maximum Gasteiger partial charge on any atom is 0.257 e. The van der Waals surface area contributed by atoms with Gasteiger partial charge in [-0.15, -0.1) is 0 Å². The Kier molecular flexibility index (Phi) is 5.40. The average molecular weight is 306 g/mol. The third-order valence-corrected chi connectivity index (χ3v) is 3.80. The van der Waals surface area contributed by atoms with Crippen LogP contribution < -0.4 is 9.47 Å². The highest BCUT2D eigenvalue weighted by atomic mass is 16.5. The monoisotopic (exact) mass is 306 g/mol. The van der Waals surface area contributed by atoms with Gasteiger partial charge in [0.15, 0.2) is 5.75 Å². The molecule has 0 aliphatic carbocycles. The highest BCUT2D eigenvalue weighted by Crippen LogP contribution is 2.33. The molecule has 0 radical (unpaired) electrons. The number of rotatable bonds is 6. The zero-order valence-corrected chi connectivity index (χ0v) is 14.2. The first kappa shape index (κ1) is 16.7. The van der Waals surface area contributed by atoms with Crippen molar-refractivity contribution in [3.63, 3.8) is 0 Å². The number of hydrogen-bond acceptors (Lipinski definition) is 5. The number of pyridine rings is 1. The minimum Gasteiger partial charge on any atom is -0.488 e. The van der Waals surface area contributed by atoms with Gasteiger partial charge in [-0.1, -0.05) is 20.8 Å². The third kappa shape index (κ3) is 3.97. The number of aromatic nitrogens is 1. The van der Waals surface area contributed by atoms with E-state index in [1.165, 1.54) is 0 Å². The van der Waals surface area contributed by atoms with Crippen LogP contribution in [0.3, 0.4) is 0 Å². The first-order chi connectivity index (χ1) is 10.5. The molecule has 0 saturated heterocycles. The molecule has 0 aromatic carbocycles. The predicted octanol–water partition coefficient (Wildman–Crippen LogP) is 2.90. The lowest BCUT2D eigenvalue weighted by molar-refractivity contribution is 0.170. The summed E-state index contributed by atoms with van der Waals surface area (Å²) in [6.07, 6.45) is 3.57. The standard InChI is InChI=1S/C17H26N2O3/c1-17(2,3)15-10-12-9-14(22-8-6-7-20-4)16(21-5)19-13(12)11-18-15/h9,11,15H,6-8,10H2,1-5H3. The summed E-state index contributed by atoms with van der Waals surface area (Å²) in [5, 5.41) is 0. The summed E-state index contributed by atoms with van der Waals surface area (Å²) >= 11 is 0. The molecule has 1 atom stereocenters. The van der Waals surface area contributed by atoms with Crippen molar-refractivity contribution in [1.82, 2.24) is 4.98 Å². The molecule has 5 heteroatoms. The van der Waals surface area contributed by atoms with Crippen LogP contribution in [-0.2, 0) is 11.2 Å².